The van der Waals surface area contributed by atoms with E-state index in [-0.39, 0.29) is 5.91 Å². The summed E-state index contributed by atoms with van der Waals surface area (Å²) in [5.41, 5.74) is 19.0. The van der Waals surface area contributed by atoms with Crippen molar-refractivity contribution in [1.82, 2.24) is 9.80 Å². The summed E-state index contributed by atoms with van der Waals surface area (Å²) >= 11 is 0. The highest BCUT2D eigenvalue weighted by molar-refractivity contribution is 6.02. The van der Waals surface area contributed by atoms with E-state index in [0.29, 0.717) is 26.2 Å². The van der Waals surface area contributed by atoms with Gasteiger partial charge in [0.25, 0.3) is 5.91 Å². The maximum absolute atomic E-state index is 14.3. The fraction of sp³-hybridized carbons (Fsp3) is 0.406. The van der Waals surface area contributed by atoms with Gasteiger partial charge in [-0.15, -0.1) is 0 Å². The van der Waals surface area contributed by atoms with Crippen molar-refractivity contribution in [1.29, 1.82) is 0 Å². The molecule has 6 N–H and O–H groups in total. The van der Waals surface area contributed by atoms with Gasteiger partial charge in [-0.3, -0.25) is 9.69 Å². The first-order chi connectivity index (χ1) is 19.4. The SMILES string of the molecule is CCNc1cc2c(cc1C)C1(c3cc(C)c(NCC)cc3O2)c2ccccc2C(=O)N1CCN(CCN)CCN. The zero-order valence-electron chi connectivity index (χ0n) is 24.1. The molecule has 2 aliphatic heterocycles. The van der Waals surface area contributed by atoms with Crippen molar-refractivity contribution >= 4 is 17.3 Å². The monoisotopic (exact) mass is 542 g/mol. The third kappa shape index (κ3) is 4.50. The van der Waals surface area contributed by atoms with Crippen molar-refractivity contribution in [2.45, 2.75) is 33.2 Å². The lowest BCUT2D eigenvalue weighted by atomic mass is 9.73. The maximum atomic E-state index is 14.3. The quantitative estimate of drug-likeness (QED) is 0.287. The number of amides is 1. The molecule has 0 atom stereocenters. The number of anilines is 2. The topological polar surface area (TPSA) is 109 Å². The first-order valence-electron chi connectivity index (χ1n) is 14.4. The third-order valence-electron chi connectivity index (χ3n) is 8.11. The van der Waals surface area contributed by atoms with Crippen molar-refractivity contribution < 1.29 is 9.53 Å². The lowest BCUT2D eigenvalue weighted by molar-refractivity contribution is 0.0637. The minimum atomic E-state index is -0.835. The Morgan fingerprint density at radius 2 is 1.38 bits per heavy atom. The van der Waals surface area contributed by atoms with E-state index in [4.69, 9.17) is 16.2 Å². The lowest BCUT2D eigenvalue weighted by Gasteiger charge is -2.45. The molecule has 5 rings (SSSR count). The largest absolute Gasteiger partial charge is 0.456 e. The molecule has 0 bridgehead atoms. The number of hydrogen-bond acceptors (Lipinski definition) is 7. The Hall–Kier alpha value is -3.59. The van der Waals surface area contributed by atoms with Crippen molar-refractivity contribution in [3.8, 4) is 11.5 Å². The lowest BCUT2D eigenvalue weighted by Crippen LogP contribution is -2.50. The summed E-state index contributed by atoms with van der Waals surface area (Å²) < 4.78 is 6.69. The molecule has 3 aromatic rings. The number of hydrogen-bond donors (Lipinski definition) is 4. The molecule has 8 nitrogen and oxygen atoms in total. The average Bonchev–Trinajstić information content (AvgIpc) is 3.18. The van der Waals surface area contributed by atoms with Gasteiger partial charge < -0.3 is 31.7 Å². The molecule has 40 heavy (non-hydrogen) atoms. The molecule has 2 heterocycles. The maximum Gasteiger partial charge on any atom is 0.255 e. The average molecular weight is 543 g/mol. The second-order valence-corrected chi connectivity index (χ2v) is 10.6. The van der Waals surface area contributed by atoms with E-state index in [1.54, 1.807) is 0 Å². The summed E-state index contributed by atoms with van der Waals surface area (Å²) in [6.45, 7) is 13.7. The number of nitrogens with two attached hydrogens (primary N) is 2. The van der Waals surface area contributed by atoms with E-state index >= 15 is 0 Å². The van der Waals surface area contributed by atoms with Gasteiger partial charge in [0.1, 0.15) is 17.0 Å². The molecule has 0 fully saturated rings. The number of rotatable bonds is 11. The second-order valence-electron chi connectivity index (χ2n) is 10.6. The zero-order chi connectivity index (χ0) is 28.4. The number of ether oxygens (including phenoxy) is 1. The third-order valence-corrected chi connectivity index (χ3v) is 8.11. The van der Waals surface area contributed by atoms with Crippen LogP contribution in [0.4, 0.5) is 11.4 Å². The Balaban J connectivity index is 1.78. The molecule has 0 unspecified atom stereocenters. The summed E-state index contributed by atoms with van der Waals surface area (Å²) in [6.07, 6.45) is 0. The second kappa shape index (κ2) is 11.5. The molecular weight excluding hydrogens is 500 g/mol. The van der Waals surface area contributed by atoms with Crippen molar-refractivity contribution in [3.63, 3.8) is 0 Å². The Labute approximate surface area is 237 Å². The first kappa shape index (κ1) is 28.0. The Kier molecular flexibility index (Phi) is 8.03. The van der Waals surface area contributed by atoms with Crippen LogP contribution in [0.5, 0.6) is 11.5 Å². The van der Waals surface area contributed by atoms with E-state index in [1.807, 2.05) is 18.2 Å². The number of carbonyl (C=O) groups excluding carboxylic acids is 1. The fourth-order valence-corrected chi connectivity index (χ4v) is 6.36. The Morgan fingerprint density at radius 1 is 0.825 bits per heavy atom. The summed E-state index contributed by atoms with van der Waals surface area (Å²) in [5, 5.41) is 6.95. The molecule has 2 aliphatic rings. The molecule has 0 aromatic heterocycles. The minimum absolute atomic E-state index is 0.0247. The van der Waals surface area contributed by atoms with Gasteiger partial charge in [0, 0.05) is 92.6 Å². The van der Waals surface area contributed by atoms with E-state index in [9.17, 15) is 4.79 Å². The van der Waals surface area contributed by atoms with Crippen LogP contribution < -0.4 is 26.8 Å². The van der Waals surface area contributed by atoms with Gasteiger partial charge in [-0.05, 0) is 62.6 Å². The summed E-state index contributed by atoms with van der Waals surface area (Å²) in [7, 11) is 0. The Bertz CT molecular complexity index is 1340. The van der Waals surface area contributed by atoms with Crippen LogP contribution in [0.15, 0.2) is 48.5 Å². The van der Waals surface area contributed by atoms with Crippen LogP contribution in [0, 0.1) is 13.8 Å². The highest BCUT2D eigenvalue weighted by atomic mass is 16.5. The standard InChI is InChI=1S/C32H42N6O2/c1-5-35-27-19-29-25(17-21(27)3)32(26-18-22(4)28(36-6-2)20-30(26)40-29)24-10-8-7-9-23(24)31(39)38(32)16-15-37(13-11-33)14-12-34/h7-10,17-20,35-36H,5-6,11-16,33-34H2,1-4H3. The van der Waals surface area contributed by atoms with Crippen LogP contribution in [-0.4, -0.2) is 68.1 Å². The van der Waals surface area contributed by atoms with Crippen LogP contribution in [0.1, 0.15) is 52.0 Å². The van der Waals surface area contributed by atoms with Gasteiger partial charge in [0.2, 0.25) is 0 Å². The van der Waals surface area contributed by atoms with Crippen LogP contribution >= 0.6 is 0 Å². The first-order valence-corrected chi connectivity index (χ1v) is 14.4. The van der Waals surface area contributed by atoms with Gasteiger partial charge in [0.15, 0.2) is 0 Å². The number of nitrogens with one attached hydrogen (secondary N) is 2. The summed E-state index contributed by atoms with van der Waals surface area (Å²) in [5.74, 6) is 1.54. The van der Waals surface area contributed by atoms with E-state index in [1.165, 1.54) is 0 Å². The molecule has 212 valence electrons. The van der Waals surface area contributed by atoms with Gasteiger partial charge in [-0.1, -0.05) is 18.2 Å². The number of nitrogens with zero attached hydrogens (tertiary/aromatic N) is 2. The van der Waals surface area contributed by atoms with E-state index < -0.39 is 5.54 Å². The highest BCUT2D eigenvalue weighted by Gasteiger charge is 2.56. The summed E-state index contributed by atoms with van der Waals surface area (Å²) in [6, 6.07) is 16.6. The molecule has 0 saturated heterocycles. The van der Waals surface area contributed by atoms with Crippen LogP contribution in [0.2, 0.25) is 0 Å². The Morgan fingerprint density at radius 3 is 1.90 bits per heavy atom. The number of carbonyl (C=O) groups is 1. The minimum Gasteiger partial charge on any atom is -0.456 e. The molecule has 3 aromatic carbocycles. The normalized spacial score (nSPS) is 14.7. The molecular formula is C32H42N6O2. The molecule has 0 aliphatic carbocycles. The van der Waals surface area contributed by atoms with Gasteiger partial charge in [-0.2, -0.15) is 0 Å². The smallest absolute Gasteiger partial charge is 0.255 e. The molecule has 0 radical (unpaired) electrons. The molecule has 8 heteroatoms. The molecule has 1 amide bonds. The molecule has 1 spiro atoms. The van der Waals surface area contributed by atoms with E-state index in [0.717, 1.165) is 82.4 Å². The van der Waals surface area contributed by atoms with Gasteiger partial charge in [0.05, 0.1) is 0 Å². The number of aryl methyl sites for hydroxylation is 2. The highest BCUT2D eigenvalue weighted by Crippen LogP contribution is 2.58. The number of benzene rings is 3. The van der Waals surface area contributed by atoms with Crippen LogP contribution in [-0.2, 0) is 5.54 Å². The summed E-state index contributed by atoms with van der Waals surface area (Å²) in [4.78, 5) is 18.6. The predicted molar refractivity (Wildman–Crippen MR) is 163 cm³/mol. The van der Waals surface area contributed by atoms with Crippen molar-refractivity contribution in [2.75, 3.05) is 63.0 Å². The van der Waals surface area contributed by atoms with Crippen LogP contribution in [0.3, 0.4) is 0 Å². The van der Waals surface area contributed by atoms with Crippen LogP contribution in [0.25, 0.3) is 0 Å². The molecule has 0 saturated carbocycles. The van der Waals surface area contributed by atoms with E-state index in [2.05, 4.69) is 78.5 Å². The van der Waals surface area contributed by atoms with Crippen molar-refractivity contribution in [2.24, 2.45) is 11.5 Å². The van der Waals surface area contributed by atoms with Gasteiger partial charge in [-0.25, -0.2) is 0 Å². The predicted octanol–water partition coefficient (Wildman–Crippen LogP) is 4.24. The number of fused-ring (bicyclic) bond motifs is 6. The van der Waals surface area contributed by atoms with Gasteiger partial charge >= 0.3 is 0 Å². The zero-order valence-corrected chi connectivity index (χ0v) is 24.1. The fourth-order valence-electron chi connectivity index (χ4n) is 6.36. The van der Waals surface area contributed by atoms with Crippen molar-refractivity contribution in [3.05, 3.63) is 81.9 Å².